The third-order valence-corrected chi connectivity index (χ3v) is 5.43. The number of amides is 1. The van der Waals surface area contributed by atoms with Crippen molar-refractivity contribution in [2.45, 2.75) is 31.8 Å². The minimum Gasteiger partial charge on any atom is -0.472 e. The van der Waals surface area contributed by atoms with Gasteiger partial charge in [-0.15, -0.1) is 0 Å². The number of hydrogen-bond donors (Lipinski definition) is 0. The van der Waals surface area contributed by atoms with Gasteiger partial charge >= 0.3 is 0 Å². The third-order valence-electron chi connectivity index (χ3n) is 5.43. The first kappa shape index (κ1) is 19.2. The number of likely N-dealkylation sites (tertiary alicyclic amines) is 1. The lowest BCUT2D eigenvalue weighted by atomic mass is 9.88. The van der Waals surface area contributed by atoms with E-state index in [1.807, 2.05) is 66.4 Å². The molecule has 148 valence electrons. The number of nitrogens with zero attached hydrogens (tertiary/aromatic N) is 2. The fourth-order valence-electron chi connectivity index (χ4n) is 3.91. The monoisotopic (exact) mass is 386 g/mol. The number of hydrogen-bond acceptors (Lipinski definition) is 3. The minimum atomic E-state index is 0.000139. The van der Waals surface area contributed by atoms with E-state index in [1.165, 1.54) is 11.1 Å². The summed E-state index contributed by atoms with van der Waals surface area (Å²) in [6.45, 7) is 3.29. The average molecular weight is 386 g/mol. The van der Waals surface area contributed by atoms with Crippen molar-refractivity contribution in [3.63, 3.8) is 0 Å². The number of carbonyl (C=O) groups is 1. The zero-order valence-corrected chi connectivity index (χ0v) is 16.7. The number of pyridine rings is 1. The van der Waals surface area contributed by atoms with Crippen LogP contribution in [0, 0.1) is 6.92 Å². The molecule has 4 heteroatoms. The molecular formula is C25H26N2O2. The first-order valence-corrected chi connectivity index (χ1v) is 10.2. The van der Waals surface area contributed by atoms with Crippen molar-refractivity contribution in [2.24, 2.45) is 0 Å². The molecule has 0 radical (unpaired) electrons. The van der Waals surface area contributed by atoms with E-state index in [4.69, 9.17) is 4.74 Å². The van der Waals surface area contributed by atoms with Crippen LogP contribution < -0.4 is 4.74 Å². The van der Waals surface area contributed by atoms with E-state index in [0.29, 0.717) is 18.8 Å². The van der Waals surface area contributed by atoms with Gasteiger partial charge in [-0.2, -0.15) is 0 Å². The molecule has 4 rings (SSSR count). The van der Waals surface area contributed by atoms with Crippen molar-refractivity contribution < 1.29 is 9.53 Å². The molecule has 0 saturated carbocycles. The van der Waals surface area contributed by atoms with Gasteiger partial charge in [0.25, 0.3) is 0 Å². The van der Waals surface area contributed by atoms with Crippen molar-refractivity contribution in [2.75, 3.05) is 13.1 Å². The first-order chi connectivity index (χ1) is 14.2. The molecular weight excluding hydrogens is 360 g/mol. The molecule has 2 aromatic carbocycles. The second-order valence-corrected chi connectivity index (χ2v) is 7.56. The molecule has 2 heterocycles. The summed E-state index contributed by atoms with van der Waals surface area (Å²) in [5, 5.41) is 0. The van der Waals surface area contributed by atoms with Crippen LogP contribution in [0.2, 0.25) is 0 Å². The lowest BCUT2D eigenvalue weighted by Crippen LogP contribution is -2.32. The number of rotatable bonds is 6. The van der Waals surface area contributed by atoms with Crippen LogP contribution >= 0.6 is 0 Å². The highest BCUT2D eigenvalue weighted by molar-refractivity contribution is 5.78. The van der Waals surface area contributed by atoms with Crippen LogP contribution in [0.15, 0.2) is 78.9 Å². The summed E-state index contributed by atoms with van der Waals surface area (Å²) in [7, 11) is 0. The second kappa shape index (κ2) is 8.91. The van der Waals surface area contributed by atoms with Crippen molar-refractivity contribution in [1.82, 2.24) is 9.88 Å². The summed E-state index contributed by atoms with van der Waals surface area (Å²) in [6.07, 6.45) is 1.30. The Kier molecular flexibility index (Phi) is 5.89. The van der Waals surface area contributed by atoms with Crippen LogP contribution in [0.5, 0.6) is 5.88 Å². The molecule has 0 bridgehead atoms. The van der Waals surface area contributed by atoms with E-state index in [-0.39, 0.29) is 17.9 Å². The number of aromatic nitrogens is 1. The van der Waals surface area contributed by atoms with Gasteiger partial charge in [0.15, 0.2) is 0 Å². The zero-order chi connectivity index (χ0) is 20.1. The summed E-state index contributed by atoms with van der Waals surface area (Å²) in [4.78, 5) is 19.4. The van der Waals surface area contributed by atoms with Crippen LogP contribution in [0.1, 0.15) is 35.6 Å². The Morgan fingerprint density at radius 3 is 2.28 bits per heavy atom. The molecule has 1 aromatic heterocycles. The summed E-state index contributed by atoms with van der Waals surface area (Å²) >= 11 is 0. The molecule has 0 N–H and O–H groups in total. The van der Waals surface area contributed by atoms with Crippen molar-refractivity contribution in [1.29, 1.82) is 0 Å². The maximum atomic E-state index is 13.1. The first-order valence-electron chi connectivity index (χ1n) is 10.2. The Bertz CT molecular complexity index is 904. The molecule has 1 aliphatic heterocycles. The van der Waals surface area contributed by atoms with Crippen LogP contribution in [0.3, 0.4) is 0 Å². The Balaban J connectivity index is 1.43. The summed E-state index contributed by atoms with van der Waals surface area (Å²) < 4.78 is 6.01. The van der Waals surface area contributed by atoms with Gasteiger partial charge in [-0.1, -0.05) is 66.7 Å². The Morgan fingerprint density at radius 2 is 1.66 bits per heavy atom. The van der Waals surface area contributed by atoms with Crippen LogP contribution in [-0.2, 0) is 4.79 Å². The maximum Gasteiger partial charge on any atom is 0.223 e. The minimum absolute atomic E-state index is 0.000139. The van der Waals surface area contributed by atoms with Crippen molar-refractivity contribution in [3.8, 4) is 5.88 Å². The number of aryl methyl sites for hydroxylation is 1. The van der Waals surface area contributed by atoms with Crippen LogP contribution in [0.4, 0.5) is 0 Å². The summed E-state index contributed by atoms with van der Waals surface area (Å²) in [5.41, 5.74) is 3.27. The fraction of sp³-hybridized carbons (Fsp3) is 0.280. The van der Waals surface area contributed by atoms with Gasteiger partial charge < -0.3 is 9.64 Å². The average Bonchev–Trinajstić information content (AvgIpc) is 3.22. The molecule has 1 saturated heterocycles. The van der Waals surface area contributed by atoms with E-state index in [2.05, 4.69) is 29.2 Å². The number of carbonyl (C=O) groups excluding carboxylic acids is 1. The van der Waals surface area contributed by atoms with Gasteiger partial charge in [0.1, 0.15) is 6.10 Å². The quantitative estimate of drug-likeness (QED) is 0.622. The van der Waals surface area contributed by atoms with Crippen LogP contribution in [-0.4, -0.2) is 35.0 Å². The molecule has 1 atom stereocenters. The highest BCUT2D eigenvalue weighted by Gasteiger charge is 2.30. The molecule has 1 fully saturated rings. The second-order valence-electron chi connectivity index (χ2n) is 7.56. The van der Waals surface area contributed by atoms with Crippen molar-refractivity contribution in [3.05, 3.63) is 95.7 Å². The predicted octanol–water partition coefficient (Wildman–Crippen LogP) is 4.59. The number of benzene rings is 2. The topological polar surface area (TPSA) is 42.4 Å². The molecule has 1 aliphatic rings. The molecule has 0 aliphatic carbocycles. The van der Waals surface area contributed by atoms with Gasteiger partial charge in [-0.05, 0) is 24.1 Å². The molecule has 0 spiro atoms. The van der Waals surface area contributed by atoms with E-state index < -0.39 is 0 Å². The standard InChI is InChI=1S/C25H26N2O2/c1-19-9-8-14-24(26-19)29-22-15-16-27(18-22)25(28)17-23(20-10-4-2-5-11-20)21-12-6-3-7-13-21/h2-14,22-23H,15-18H2,1H3. The van der Waals surface area contributed by atoms with Gasteiger partial charge in [0.2, 0.25) is 11.8 Å². The van der Waals surface area contributed by atoms with E-state index in [9.17, 15) is 4.79 Å². The zero-order valence-electron chi connectivity index (χ0n) is 16.7. The van der Waals surface area contributed by atoms with Crippen LogP contribution in [0.25, 0.3) is 0 Å². The Morgan fingerprint density at radius 1 is 1.00 bits per heavy atom. The highest BCUT2D eigenvalue weighted by Crippen LogP contribution is 2.29. The lowest BCUT2D eigenvalue weighted by molar-refractivity contribution is -0.130. The normalized spacial score (nSPS) is 16.2. The molecule has 3 aromatic rings. The summed E-state index contributed by atoms with van der Waals surface area (Å²) in [6, 6.07) is 26.3. The molecule has 4 nitrogen and oxygen atoms in total. The molecule has 1 unspecified atom stereocenters. The smallest absolute Gasteiger partial charge is 0.223 e. The van der Waals surface area contributed by atoms with E-state index in [0.717, 1.165) is 18.7 Å². The SMILES string of the molecule is Cc1cccc(OC2CCN(C(=O)CC(c3ccccc3)c3ccccc3)C2)n1. The molecule has 1 amide bonds. The van der Waals surface area contributed by atoms with Gasteiger partial charge in [-0.25, -0.2) is 4.98 Å². The Labute approximate surface area is 172 Å². The maximum absolute atomic E-state index is 13.1. The van der Waals surface area contributed by atoms with Gasteiger partial charge in [0.05, 0.1) is 6.54 Å². The largest absolute Gasteiger partial charge is 0.472 e. The molecule has 29 heavy (non-hydrogen) atoms. The lowest BCUT2D eigenvalue weighted by Gasteiger charge is -2.22. The predicted molar refractivity (Wildman–Crippen MR) is 114 cm³/mol. The summed E-state index contributed by atoms with van der Waals surface area (Å²) in [5.74, 6) is 0.866. The number of ether oxygens (including phenoxy) is 1. The third kappa shape index (κ3) is 4.83. The fourth-order valence-corrected chi connectivity index (χ4v) is 3.91. The van der Waals surface area contributed by atoms with Gasteiger partial charge in [0, 0.05) is 37.1 Å². The Hall–Kier alpha value is -3.14. The highest BCUT2D eigenvalue weighted by atomic mass is 16.5. The van der Waals surface area contributed by atoms with E-state index >= 15 is 0 Å². The van der Waals surface area contributed by atoms with E-state index in [1.54, 1.807) is 0 Å². The van der Waals surface area contributed by atoms with Crippen molar-refractivity contribution >= 4 is 5.91 Å². The van der Waals surface area contributed by atoms with Gasteiger partial charge in [-0.3, -0.25) is 4.79 Å².